The molecule has 0 aromatic heterocycles. The lowest BCUT2D eigenvalue weighted by Crippen LogP contribution is -2.02. The van der Waals surface area contributed by atoms with Gasteiger partial charge in [0.25, 0.3) is 0 Å². The van der Waals surface area contributed by atoms with E-state index in [0.717, 1.165) is 0 Å². The molecule has 1 rings (SSSR count). The number of aliphatic hydroxyl groups is 1. The van der Waals surface area contributed by atoms with Crippen LogP contribution in [-0.4, -0.2) is 17.0 Å². The Morgan fingerprint density at radius 3 is 2.86 bits per heavy atom. The fourth-order valence-electron chi connectivity index (χ4n) is 0.923. The number of rotatable bonds is 4. The Morgan fingerprint density at radius 1 is 1.57 bits per heavy atom. The van der Waals surface area contributed by atoms with Crippen LogP contribution < -0.4 is 0 Å². The fourth-order valence-corrected chi connectivity index (χ4v) is 1.89. The molecule has 0 aliphatic rings. The highest BCUT2D eigenvalue weighted by Gasteiger charge is 2.05. The monoisotopic (exact) mass is 234 g/mol. The third kappa shape index (κ3) is 3.48. The molecule has 0 radical (unpaired) electrons. The van der Waals surface area contributed by atoms with Crippen molar-refractivity contribution in [2.45, 2.75) is 17.9 Å². The van der Waals surface area contributed by atoms with Crippen molar-refractivity contribution >= 4 is 23.4 Å². The highest BCUT2D eigenvalue weighted by Crippen LogP contribution is 2.21. The summed E-state index contributed by atoms with van der Waals surface area (Å²) >= 11 is 7.14. The lowest BCUT2D eigenvalue weighted by Gasteiger charge is -2.08. The third-order valence-corrected chi connectivity index (χ3v) is 3.23. The van der Waals surface area contributed by atoms with Gasteiger partial charge in [-0.25, -0.2) is 4.39 Å². The summed E-state index contributed by atoms with van der Waals surface area (Å²) in [5.41, 5.74) is 0.625. The van der Waals surface area contributed by atoms with Gasteiger partial charge in [0.15, 0.2) is 0 Å². The Bertz CT molecular complexity index is 306. The van der Waals surface area contributed by atoms with Crippen LogP contribution in [0.5, 0.6) is 0 Å². The van der Waals surface area contributed by atoms with Crippen LogP contribution in [0, 0.1) is 5.82 Å². The van der Waals surface area contributed by atoms with E-state index >= 15 is 0 Å². The summed E-state index contributed by atoms with van der Waals surface area (Å²) in [6.07, 6.45) is 0. The Morgan fingerprint density at radius 2 is 2.29 bits per heavy atom. The second kappa shape index (κ2) is 5.59. The Labute approximate surface area is 92.3 Å². The normalized spacial score (nSPS) is 12.9. The molecule has 1 aromatic rings. The molecule has 78 valence electrons. The zero-order valence-electron chi connectivity index (χ0n) is 7.84. The van der Waals surface area contributed by atoms with Crippen molar-refractivity contribution in [2.75, 3.05) is 6.61 Å². The molecule has 4 heteroatoms. The number of benzene rings is 1. The van der Waals surface area contributed by atoms with Crippen LogP contribution >= 0.6 is 23.4 Å². The van der Waals surface area contributed by atoms with Crippen LogP contribution in [-0.2, 0) is 5.75 Å². The van der Waals surface area contributed by atoms with E-state index in [4.69, 9.17) is 16.7 Å². The molecular weight excluding hydrogens is 223 g/mol. The molecule has 0 fully saturated rings. The minimum atomic E-state index is -0.282. The van der Waals surface area contributed by atoms with Crippen molar-refractivity contribution in [1.82, 2.24) is 0 Å². The van der Waals surface area contributed by atoms with E-state index < -0.39 is 0 Å². The van der Waals surface area contributed by atoms with E-state index in [2.05, 4.69) is 0 Å². The minimum absolute atomic E-state index is 0.111. The predicted molar refractivity (Wildman–Crippen MR) is 59.3 cm³/mol. The van der Waals surface area contributed by atoms with Gasteiger partial charge in [-0.15, -0.1) is 0 Å². The first-order chi connectivity index (χ1) is 6.63. The van der Waals surface area contributed by atoms with Gasteiger partial charge in [-0.05, 0) is 17.7 Å². The maximum absolute atomic E-state index is 13.2. The summed E-state index contributed by atoms with van der Waals surface area (Å²) in [6.45, 7) is 2.01. The summed E-state index contributed by atoms with van der Waals surface area (Å²) in [6, 6.07) is 4.65. The van der Waals surface area contributed by atoms with Crippen LogP contribution in [0.4, 0.5) is 4.39 Å². The average Bonchev–Trinajstić information content (AvgIpc) is 2.16. The van der Waals surface area contributed by atoms with Crippen molar-refractivity contribution < 1.29 is 9.50 Å². The van der Waals surface area contributed by atoms with Gasteiger partial charge in [-0.3, -0.25) is 0 Å². The SMILES string of the molecule is CC(CO)SCc1ccc(Cl)cc1F. The predicted octanol–water partition coefficient (Wildman–Crippen LogP) is 3.09. The molecule has 14 heavy (non-hydrogen) atoms. The van der Waals surface area contributed by atoms with Gasteiger partial charge in [0.05, 0.1) is 6.61 Å². The maximum Gasteiger partial charge on any atom is 0.128 e. The lowest BCUT2D eigenvalue weighted by molar-refractivity contribution is 0.300. The van der Waals surface area contributed by atoms with Crippen LogP contribution in [0.15, 0.2) is 18.2 Å². The number of aliphatic hydroxyl groups excluding tert-OH is 1. The van der Waals surface area contributed by atoms with Gasteiger partial charge in [0.2, 0.25) is 0 Å². The molecule has 0 amide bonds. The van der Waals surface area contributed by atoms with Gasteiger partial charge in [-0.1, -0.05) is 24.6 Å². The second-order valence-electron chi connectivity index (χ2n) is 3.04. The summed E-state index contributed by atoms with van der Waals surface area (Å²) in [7, 11) is 0. The highest BCUT2D eigenvalue weighted by molar-refractivity contribution is 7.99. The Balaban J connectivity index is 2.59. The van der Waals surface area contributed by atoms with E-state index in [1.807, 2.05) is 6.92 Å². The lowest BCUT2D eigenvalue weighted by atomic mass is 10.2. The molecule has 0 aliphatic carbocycles. The zero-order valence-corrected chi connectivity index (χ0v) is 9.41. The Kier molecular flexibility index (Phi) is 4.72. The number of hydrogen-bond acceptors (Lipinski definition) is 2. The smallest absolute Gasteiger partial charge is 0.128 e. The molecule has 1 unspecified atom stereocenters. The molecule has 0 spiro atoms. The fraction of sp³-hybridized carbons (Fsp3) is 0.400. The van der Waals surface area contributed by atoms with Gasteiger partial charge in [-0.2, -0.15) is 11.8 Å². The number of thioether (sulfide) groups is 1. The standard InChI is InChI=1S/C10H12ClFOS/c1-7(5-13)14-6-8-2-3-9(11)4-10(8)12/h2-4,7,13H,5-6H2,1H3. The topological polar surface area (TPSA) is 20.2 Å². The number of hydrogen-bond donors (Lipinski definition) is 1. The van der Waals surface area contributed by atoms with Crippen molar-refractivity contribution in [3.8, 4) is 0 Å². The van der Waals surface area contributed by atoms with Gasteiger partial charge in [0, 0.05) is 16.0 Å². The van der Waals surface area contributed by atoms with E-state index in [1.54, 1.807) is 12.1 Å². The first-order valence-electron chi connectivity index (χ1n) is 4.30. The zero-order chi connectivity index (χ0) is 10.6. The van der Waals surface area contributed by atoms with Crippen molar-refractivity contribution in [3.05, 3.63) is 34.6 Å². The quantitative estimate of drug-likeness (QED) is 0.864. The average molecular weight is 235 g/mol. The summed E-state index contributed by atoms with van der Waals surface area (Å²) in [5.74, 6) is 0.278. The molecule has 0 aliphatic heterocycles. The molecule has 0 heterocycles. The molecule has 0 bridgehead atoms. The highest BCUT2D eigenvalue weighted by atomic mass is 35.5. The summed E-state index contributed by atoms with van der Waals surface area (Å²) in [5, 5.41) is 9.33. The van der Waals surface area contributed by atoms with Gasteiger partial charge in [0.1, 0.15) is 5.82 Å². The maximum atomic E-state index is 13.2. The molecule has 1 nitrogen and oxygen atoms in total. The molecular formula is C10H12ClFOS. The Hall–Kier alpha value is -0.250. The van der Waals surface area contributed by atoms with E-state index in [9.17, 15) is 4.39 Å². The second-order valence-corrected chi connectivity index (χ2v) is 4.90. The van der Waals surface area contributed by atoms with Crippen LogP contribution in [0.2, 0.25) is 5.02 Å². The van der Waals surface area contributed by atoms with E-state index in [-0.39, 0.29) is 17.7 Å². The van der Waals surface area contributed by atoms with Gasteiger partial charge < -0.3 is 5.11 Å². The summed E-state index contributed by atoms with van der Waals surface area (Å²) in [4.78, 5) is 0. The molecule has 1 aromatic carbocycles. The van der Waals surface area contributed by atoms with Crippen LogP contribution in [0.1, 0.15) is 12.5 Å². The minimum Gasteiger partial charge on any atom is -0.395 e. The van der Waals surface area contributed by atoms with E-state index in [0.29, 0.717) is 16.3 Å². The van der Waals surface area contributed by atoms with Crippen molar-refractivity contribution in [3.63, 3.8) is 0 Å². The van der Waals surface area contributed by atoms with E-state index in [1.165, 1.54) is 17.8 Å². The summed E-state index contributed by atoms with van der Waals surface area (Å²) < 4.78 is 13.2. The first kappa shape index (κ1) is 11.8. The van der Waals surface area contributed by atoms with Gasteiger partial charge >= 0.3 is 0 Å². The first-order valence-corrected chi connectivity index (χ1v) is 5.72. The molecule has 0 saturated carbocycles. The molecule has 0 saturated heterocycles. The molecule has 1 N–H and O–H groups in total. The van der Waals surface area contributed by atoms with Crippen molar-refractivity contribution in [1.29, 1.82) is 0 Å². The molecule has 1 atom stereocenters. The van der Waals surface area contributed by atoms with Crippen molar-refractivity contribution in [2.24, 2.45) is 0 Å². The largest absolute Gasteiger partial charge is 0.395 e. The van der Waals surface area contributed by atoms with Crippen LogP contribution in [0.25, 0.3) is 0 Å². The third-order valence-electron chi connectivity index (χ3n) is 1.80. The van der Waals surface area contributed by atoms with Crippen LogP contribution in [0.3, 0.4) is 0 Å². The number of halogens is 2.